The van der Waals surface area contributed by atoms with Crippen LogP contribution in [-0.2, 0) is 6.42 Å². The second-order valence-corrected chi connectivity index (χ2v) is 8.48. The summed E-state index contributed by atoms with van der Waals surface area (Å²) in [6, 6.07) is 13.4. The van der Waals surface area contributed by atoms with E-state index in [9.17, 15) is 9.59 Å². The van der Waals surface area contributed by atoms with Crippen molar-refractivity contribution in [3.05, 3.63) is 70.3 Å². The molecule has 0 heterocycles. The maximum Gasteiger partial charge on any atom is 0.272 e. The van der Waals surface area contributed by atoms with Crippen LogP contribution in [0.15, 0.2) is 42.5 Å². The lowest BCUT2D eigenvalue weighted by atomic mass is 10.0. The quantitative estimate of drug-likeness (QED) is 0.450. The molecule has 0 aliphatic rings. The Morgan fingerprint density at radius 3 is 1.87 bits per heavy atom. The molecule has 2 amide bonds. The van der Waals surface area contributed by atoms with E-state index in [1.54, 1.807) is 5.01 Å². The summed E-state index contributed by atoms with van der Waals surface area (Å²) in [5, 5.41) is 1.61. The molecular formula is C27H38N2O2. The summed E-state index contributed by atoms with van der Waals surface area (Å²) in [6.45, 7) is 10.4. The molecular weight excluding hydrogens is 384 g/mol. The van der Waals surface area contributed by atoms with Gasteiger partial charge in [-0.1, -0.05) is 75.8 Å². The number of aryl methyl sites for hydroxylation is 3. The minimum atomic E-state index is -0.238. The maximum atomic E-state index is 13.6. The number of hydrazine groups is 1. The van der Waals surface area contributed by atoms with Gasteiger partial charge in [0, 0.05) is 11.1 Å². The molecule has 4 nitrogen and oxygen atoms in total. The third-order valence-electron chi connectivity index (χ3n) is 5.68. The van der Waals surface area contributed by atoms with Crippen molar-refractivity contribution in [2.24, 2.45) is 0 Å². The fraction of sp³-hybridized carbons (Fsp3) is 0.481. The van der Waals surface area contributed by atoms with E-state index in [0.29, 0.717) is 11.1 Å². The number of nitrogens with one attached hydrogen (secondary N) is 1. The number of rotatable bonds is 10. The average molecular weight is 423 g/mol. The molecule has 0 unspecified atom stereocenters. The van der Waals surface area contributed by atoms with E-state index >= 15 is 0 Å². The molecule has 2 aromatic rings. The van der Waals surface area contributed by atoms with Crippen LogP contribution in [0, 0.1) is 13.8 Å². The lowest BCUT2D eigenvalue weighted by molar-refractivity contribution is 0.0450. The van der Waals surface area contributed by atoms with E-state index in [-0.39, 0.29) is 17.9 Å². The Labute approximate surface area is 188 Å². The van der Waals surface area contributed by atoms with Crippen molar-refractivity contribution >= 4 is 11.8 Å². The lowest BCUT2D eigenvalue weighted by Gasteiger charge is -2.32. The predicted octanol–water partition coefficient (Wildman–Crippen LogP) is 6.40. The van der Waals surface area contributed by atoms with Crippen molar-refractivity contribution in [2.75, 3.05) is 0 Å². The van der Waals surface area contributed by atoms with Crippen molar-refractivity contribution in [3.8, 4) is 0 Å². The monoisotopic (exact) mass is 422 g/mol. The van der Waals surface area contributed by atoms with Gasteiger partial charge in [0.05, 0.1) is 6.04 Å². The van der Waals surface area contributed by atoms with E-state index in [2.05, 4.69) is 32.3 Å². The third kappa shape index (κ3) is 7.23. The van der Waals surface area contributed by atoms with Crippen molar-refractivity contribution in [2.45, 2.75) is 85.6 Å². The average Bonchev–Trinajstić information content (AvgIpc) is 2.76. The van der Waals surface area contributed by atoms with Gasteiger partial charge in [-0.3, -0.25) is 15.0 Å². The maximum absolute atomic E-state index is 13.6. The number of carbonyl (C=O) groups excluding carboxylic acids is 2. The molecule has 0 bridgehead atoms. The molecule has 2 rings (SSSR count). The van der Waals surface area contributed by atoms with Crippen molar-refractivity contribution in [3.63, 3.8) is 0 Å². The summed E-state index contributed by atoms with van der Waals surface area (Å²) >= 11 is 0. The molecule has 0 radical (unpaired) electrons. The van der Waals surface area contributed by atoms with Crippen LogP contribution in [0.25, 0.3) is 0 Å². The zero-order valence-corrected chi connectivity index (χ0v) is 19.8. The molecule has 168 valence electrons. The fourth-order valence-corrected chi connectivity index (χ4v) is 3.89. The molecule has 31 heavy (non-hydrogen) atoms. The molecule has 0 aliphatic carbocycles. The summed E-state index contributed by atoms with van der Waals surface area (Å²) in [7, 11) is 0. The van der Waals surface area contributed by atoms with Gasteiger partial charge in [0.2, 0.25) is 0 Å². The molecule has 0 saturated carbocycles. The normalized spacial score (nSPS) is 10.9. The first-order valence-corrected chi connectivity index (χ1v) is 11.7. The Bertz CT molecular complexity index is 830. The van der Waals surface area contributed by atoms with Crippen molar-refractivity contribution in [1.82, 2.24) is 10.4 Å². The molecule has 1 N–H and O–H groups in total. The molecule has 4 heteroatoms. The first-order chi connectivity index (χ1) is 14.9. The fourth-order valence-electron chi connectivity index (χ4n) is 3.89. The molecule has 0 saturated heterocycles. The van der Waals surface area contributed by atoms with E-state index in [1.165, 1.54) is 5.56 Å². The van der Waals surface area contributed by atoms with Gasteiger partial charge in [-0.05, 0) is 62.9 Å². The number of carbonyl (C=O) groups is 2. The number of amides is 2. The van der Waals surface area contributed by atoms with Crippen LogP contribution in [0.2, 0.25) is 0 Å². The predicted molar refractivity (Wildman–Crippen MR) is 128 cm³/mol. The van der Waals surface area contributed by atoms with Gasteiger partial charge in [0.15, 0.2) is 0 Å². The Kier molecular flexibility index (Phi) is 9.77. The van der Waals surface area contributed by atoms with Gasteiger partial charge in [-0.25, -0.2) is 5.01 Å². The molecule has 0 spiro atoms. The summed E-state index contributed by atoms with van der Waals surface area (Å²) < 4.78 is 0. The van der Waals surface area contributed by atoms with Crippen molar-refractivity contribution in [1.29, 1.82) is 0 Å². The first kappa shape index (κ1) is 24.6. The van der Waals surface area contributed by atoms with E-state index < -0.39 is 0 Å². The number of unbranched alkanes of at least 4 members (excludes halogenated alkanes) is 2. The zero-order chi connectivity index (χ0) is 22.8. The topological polar surface area (TPSA) is 49.4 Å². The summed E-state index contributed by atoms with van der Waals surface area (Å²) in [4.78, 5) is 26.7. The number of hydrogen-bond donors (Lipinski definition) is 1. The van der Waals surface area contributed by atoms with Gasteiger partial charge in [0.25, 0.3) is 11.8 Å². The molecule has 2 aromatic carbocycles. The Morgan fingerprint density at radius 2 is 1.39 bits per heavy atom. The van der Waals surface area contributed by atoms with Crippen LogP contribution in [0.5, 0.6) is 0 Å². The van der Waals surface area contributed by atoms with Gasteiger partial charge in [-0.15, -0.1) is 0 Å². The van der Waals surface area contributed by atoms with Crippen LogP contribution < -0.4 is 5.43 Å². The molecule has 0 aromatic heterocycles. The van der Waals surface area contributed by atoms with E-state index in [0.717, 1.165) is 56.1 Å². The van der Waals surface area contributed by atoms with Crippen molar-refractivity contribution < 1.29 is 9.59 Å². The number of hydrogen-bond acceptors (Lipinski definition) is 2. The molecule has 0 fully saturated rings. The van der Waals surface area contributed by atoms with Gasteiger partial charge in [0.1, 0.15) is 0 Å². The minimum absolute atomic E-state index is 0.0212. The Balaban J connectivity index is 2.36. The molecule has 0 aliphatic heterocycles. The van der Waals surface area contributed by atoms with Gasteiger partial charge >= 0.3 is 0 Å². The Morgan fingerprint density at radius 1 is 0.839 bits per heavy atom. The van der Waals surface area contributed by atoms with Crippen LogP contribution in [0.1, 0.15) is 96.7 Å². The van der Waals surface area contributed by atoms with E-state index in [1.807, 2.05) is 50.2 Å². The number of nitrogens with zero attached hydrogens (tertiary/aromatic N) is 1. The lowest BCUT2D eigenvalue weighted by Crippen LogP contribution is -2.52. The van der Waals surface area contributed by atoms with Crippen LogP contribution in [0.3, 0.4) is 0 Å². The first-order valence-electron chi connectivity index (χ1n) is 11.7. The number of benzene rings is 2. The summed E-state index contributed by atoms with van der Waals surface area (Å²) in [5.41, 5.74) is 7.44. The third-order valence-corrected chi connectivity index (χ3v) is 5.68. The molecule has 0 atom stereocenters. The summed E-state index contributed by atoms with van der Waals surface area (Å²) in [5.74, 6) is -0.374. The minimum Gasteiger partial charge on any atom is -0.267 e. The van der Waals surface area contributed by atoms with Gasteiger partial charge in [-0.2, -0.15) is 0 Å². The standard InChI is InChI=1S/C27H38N2O2/c1-6-9-11-25(12-10-7-2)29(27(31)24-18-20(4)17-21(5)19-24)28-26(30)23-15-13-22(8-3)14-16-23/h13-19,25H,6-12H2,1-5H3,(H,28,30). The second kappa shape index (κ2) is 12.3. The van der Waals surface area contributed by atoms with Crippen LogP contribution in [-0.4, -0.2) is 22.9 Å². The highest BCUT2D eigenvalue weighted by atomic mass is 16.2. The highest BCUT2D eigenvalue weighted by Gasteiger charge is 2.27. The zero-order valence-electron chi connectivity index (χ0n) is 19.8. The Hall–Kier alpha value is -2.62. The van der Waals surface area contributed by atoms with Gasteiger partial charge < -0.3 is 0 Å². The largest absolute Gasteiger partial charge is 0.272 e. The van der Waals surface area contributed by atoms with Crippen LogP contribution in [0.4, 0.5) is 0 Å². The second-order valence-electron chi connectivity index (χ2n) is 8.48. The summed E-state index contributed by atoms with van der Waals surface area (Å²) in [6.07, 6.45) is 6.83. The highest BCUT2D eigenvalue weighted by Crippen LogP contribution is 2.19. The highest BCUT2D eigenvalue weighted by molar-refractivity contribution is 5.99. The van der Waals surface area contributed by atoms with E-state index in [4.69, 9.17) is 0 Å². The smallest absolute Gasteiger partial charge is 0.267 e. The van der Waals surface area contributed by atoms with Crippen LogP contribution >= 0.6 is 0 Å². The SMILES string of the molecule is CCCCC(CCCC)N(NC(=O)c1ccc(CC)cc1)C(=O)c1cc(C)cc(C)c1.